The summed E-state index contributed by atoms with van der Waals surface area (Å²) in [4.78, 5) is 27.4. The number of hydrogen-bond donors (Lipinski definition) is 1. The van der Waals surface area contributed by atoms with Gasteiger partial charge in [0.1, 0.15) is 12.4 Å². The Morgan fingerprint density at radius 3 is 2.38 bits per heavy atom. The van der Waals surface area contributed by atoms with E-state index in [0.29, 0.717) is 34.4 Å². The van der Waals surface area contributed by atoms with Gasteiger partial charge in [-0.05, 0) is 36.6 Å². The molecule has 0 unspecified atom stereocenters. The summed E-state index contributed by atoms with van der Waals surface area (Å²) in [6, 6.07) is 11.9. The molecule has 0 aliphatic carbocycles. The number of para-hydroxylation sites is 1. The van der Waals surface area contributed by atoms with Crippen molar-refractivity contribution < 1.29 is 28.5 Å². The molecule has 0 saturated heterocycles. The van der Waals surface area contributed by atoms with Crippen LogP contribution >= 0.6 is 0 Å². The number of nitrogens with one attached hydrogen (secondary N) is 1. The molecule has 1 N–H and O–H groups in total. The lowest BCUT2D eigenvalue weighted by Crippen LogP contribution is -2.48. The summed E-state index contributed by atoms with van der Waals surface area (Å²) >= 11 is 0. The number of methoxy groups -OCH3 is 2. The van der Waals surface area contributed by atoms with Crippen LogP contribution in [0.15, 0.2) is 53.7 Å². The number of likely N-dealkylation sites (N-methyl/N-ethyl adjacent to an activating group) is 1. The zero-order valence-electron chi connectivity index (χ0n) is 20.5. The van der Waals surface area contributed by atoms with Crippen LogP contribution < -0.4 is 19.5 Å². The van der Waals surface area contributed by atoms with Crippen molar-refractivity contribution >= 4 is 12.0 Å². The minimum Gasteiger partial charge on any atom is -0.493 e. The van der Waals surface area contributed by atoms with Gasteiger partial charge in [0, 0.05) is 12.6 Å². The summed E-state index contributed by atoms with van der Waals surface area (Å²) < 4.78 is 22.4. The van der Waals surface area contributed by atoms with E-state index >= 15 is 0 Å². The molecule has 8 heteroatoms. The number of urea groups is 1. The number of benzene rings is 2. The molecule has 0 saturated carbocycles. The number of esters is 1. The molecule has 1 aliphatic rings. The predicted molar refractivity (Wildman–Crippen MR) is 128 cm³/mol. The molecular formula is C26H32N2O6. The van der Waals surface area contributed by atoms with Crippen LogP contribution in [0, 0.1) is 0 Å². The Morgan fingerprint density at radius 1 is 1.09 bits per heavy atom. The molecule has 182 valence electrons. The maximum atomic E-state index is 13.1. The molecule has 0 fully saturated rings. The van der Waals surface area contributed by atoms with E-state index in [2.05, 4.69) is 19.2 Å². The van der Waals surface area contributed by atoms with Crippen LogP contribution in [0.25, 0.3) is 0 Å². The van der Waals surface area contributed by atoms with Gasteiger partial charge in [-0.1, -0.05) is 38.1 Å². The highest BCUT2D eigenvalue weighted by atomic mass is 16.5. The SMILES string of the molecule is CCOC(=O)C1=C(COc2ccc(C(C)C)cc2)N(C)C(=O)N[C@H]1c1cccc(OC)c1OC. The maximum Gasteiger partial charge on any atom is 0.338 e. The van der Waals surface area contributed by atoms with E-state index in [1.54, 1.807) is 32.2 Å². The van der Waals surface area contributed by atoms with Gasteiger partial charge in [-0.3, -0.25) is 4.90 Å². The summed E-state index contributed by atoms with van der Waals surface area (Å²) in [7, 11) is 4.63. The second kappa shape index (κ2) is 11.0. The molecule has 2 aromatic rings. The Balaban J connectivity index is 2.06. The van der Waals surface area contributed by atoms with Gasteiger partial charge < -0.3 is 24.3 Å². The average molecular weight is 469 g/mol. The number of rotatable bonds is 9. The lowest BCUT2D eigenvalue weighted by Gasteiger charge is -2.35. The normalized spacial score (nSPS) is 15.8. The minimum atomic E-state index is -0.810. The minimum absolute atomic E-state index is 0.00186. The van der Waals surface area contributed by atoms with Gasteiger partial charge >= 0.3 is 12.0 Å². The third kappa shape index (κ3) is 5.11. The van der Waals surface area contributed by atoms with Crippen LogP contribution in [0.5, 0.6) is 17.2 Å². The molecule has 0 bridgehead atoms. The first-order valence-corrected chi connectivity index (χ1v) is 11.2. The van der Waals surface area contributed by atoms with E-state index in [9.17, 15) is 9.59 Å². The molecule has 2 aromatic carbocycles. The molecule has 0 spiro atoms. The molecule has 34 heavy (non-hydrogen) atoms. The molecule has 1 heterocycles. The maximum absolute atomic E-state index is 13.1. The third-order valence-electron chi connectivity index (χ3n) is 5.74. The summed E-state index contributed by atoms with van der Waals surface area (Å²) in [6.07, 6.45) is 0. The van der Waals surface area contributed by atoms with Gasteiger partial charge in [-0.2, -0.15) is 0 Å². The highest BCUT2D eigenvalue weighted by molar-refractivity contribution is 5.95. The predicted octanol–water partition coefficient (Wildman–Crippen LogP) is 4.42. The summed E-state index contributed by atoms with van der Waals surface area (Å²) in [6.45, 7) is 6.16. The topological polar surface area (TPSA) is 86.3 Å². The Hall–Kier alpha value is -3.68. The number of nitrogens with zero attached hydrogens (tertiary/aromatic N) is 1. The van der Waals surface area contributed by atoms with Crippen molar-refractivity contribution in [2.24, 2.45) is 0 Å². The first kappa shape index (κ1) is 25.0. The fourth-order valence-electron chi connectivity index (χ4n) is 3.85. The van der Waals surface area contributed by atoms with Crippen LogP contribution in [-0.4, -0.2) is 51.4 Å². The van der Waals surface area contributed by atoms with Gasteiger partial charge in [-0.25, -0.2) is 9.59 Å². The lowest BCUT2D eigenvalue weighted by atomic mass is 9.93. The Labute approximate surface area is 200 Å². The van der Waals surface area contributed by atoms with Gasteiger partial charge in [0.25, 0.3) is 0 Å². The van der Waals surface area contributed by atoms with Crippen molar-refractivity contribution in [3.63, 3.8) is 0 Å². The molecule has 1 atom stereocenters. The van der Waals surface area contributed by atoms with E-state index in [-0.39, 0.29) is 24.8 Å². The van der Waals surface area contributed by atoms with Crippen molar-refractivity contribution in [2.75, 3.05) is 34.5 Å². The molecule has 8 nitrogen and oxygen atoms in total. The van der Waals surface area contributed by atoms with Gasteiger partial charge in [0.05, 0.1) is 38.1 Å². The van der Waals surface area contributed by atoms with Gasteiger partial charge in [0.2, 0.25) is 0 Å². The summed E-state index contributed by atoms with van der Waals surface area (Å²) in [5, 5.41) is 2.88. The monoisotopic (exact) mass is 468 g/mol. The van der Waals surface area contributed by atoms with E-state index in [1.165, 1.54) is 24.7 Å². The molecular weight excluding hydrogens is 436 g/mol. The Bertz CT molecular complexity index is 1060. The standard InChI is InChI=1S/C26H32N2O6/c1-7-33-25(29)22-20(15-34-18-13-11-17(12-14-18)16(2)3)28(4)26(30)27-23(22)19-9-8-10-21(31-5)24(19)32-6/h8-14,16,23H,7,15H2,1-6H3,(H,27,30)/t23-/m0/s1. The van der Waals surface area contributed by atoms with Crippen LogP contribution in [0.4, 0.5) is 4.79 Å². The zero-order valence-corrected chi connectivity index (χ0v) is 20.5. The van der Waals surface area contributed by atoms with Crippen LogP contribution in [-0.2, 0) is 9.53 Å². The van der Waals surface area contributed by atoms with E-state index in [1.807, 2.05) is 24.3 Å². The van der Waals surface area contributed by atoms with Crippen LogP contribution in [0.2, 0.25) is 0 Å². The zero-order chi connectivity index (χ0) is 24.8. The van der Waals surface area contributed by atoms with Gasteiger partial charge in [0.15, 0.2) is 11.5 Å². The second-order valence-electron chi connectivity index (χ2n) is 8.12. The van der Waals surface area contributed by atoms with Crippen LogP contribution in [0.3, 0.4) is 0 Å². The number of amides is 2. The molecule has 1 aliphatic heterocycles. The van der Waals surface area contributed by atoms with Crippen molar-refractivity contribution in [2.45, 2.75) is 32.7 Å². The second-order valence-corrected chi connectivity index (χ2v) is 8.12. The highest BCUT2D eigenvalue weighted by Crippen LogP contribution is 2.40. The van der Waals surface area contributed by atoms with E-state index < -0.39 is 12.0 Å². The smallest absolute Gasteiger partial charge is 0.338 e. The first-order valence-electron chi connectivity index (χ1n) is 11.2. The number of carbonyl (C=O) groups is 2. The van der Waals surface area contributed by atoms with Crippen molar-refractivity contribution in [3.8, 4) is 17.2 Å². The average Bonchev–Trinajstić information content (AvgIpc) is 2.84. The number of hydrogen-bond acceptors (Lipinski definition) is 6. The highest BCUT2D eigenvalue weighted by Gasteiger charge is 2.38. The molecule has 2 amide bonds. The fraction of sp³-hybridized carbons (Fsp3) is 0.385. The largest absolute Gasteiger partial charge is 0.493 e. The molecule has 3 rings (SSSR count). The third-order valence-corrected chi connectivity index (χ3v) is 5.74. The Kier molecular flexibility index (Phi) is 8.04. The number of ether oxygens (including phenoxy) is 4. The van der Waals surface area contributed by atoms with E-state index in [4.69, 9.17) is 18.9 Å². The van der Waals surface area contributed by atoms with E-state index in [0.717, 1.165) is 0 Å². The van der Waals surface area contributed by atoms with Crippen molar-refractivity contribution in [3.05, 3.63) is 64.9 Å². The fourth-order valence-corrected chi connectivity index (χ4v) is 3.85. The van der Waals surface area contributed by atoms with Gasteiger partial charge in [-0.15, -0.1) is 0 Å². The quantitative estimate of drug-likeness (QED) is 0.549. The lowest BCUT2D eigenvalue weighted by molar-refractivity contribution is -0.139. The Morgan fingerprint density at radius 2 is 1.79 bits per heavy atom. The summed E-state index contributed by atoms with van der Waals surface area (Å²) in [5.74, 6) is 1.40. The molecule has 0 radical (unpaired) electrons. The van der Waals surface area contributed by atoms with Crippen molar-refractivity contribution in [1.29, 1.82) is 0 Å². The molecule has 0 aromatic heterocycles. The summed E-state index contributed by atoms with van der Waals surface area (Å²) in [5.41, 5.74) is 2.45. The van der Waals surface area contributed by atoms with Crippen LogP contribution in [0.1, 0.15) is 43.9 Å². The number of carbonyl (C=O) groups excluding carboxylic acids is 2. The van der Waals surface area contributed by atoms with Crippen molar-refractivity contribution in [1.82, 2.24) is 10.2 Å². The first-order chi connectivity index (χ1) is 16.3.